The summed E-state index contributed by atoms with van der Waals surface area (Å²) in [7, 11) is 0. The summed E-state index contributed by atoms with van der Waals surface area (Å²) in [4.78, 5) is 14.4. The lowest BCUT2D eigenvalue weighted by atomic mass is 10.2. The molecule has 2 aromatic heterocycles. The lowest BCUT2D eigenvalue weighted by molar-refractivity contribution is 0.0534. The first-order valence-corrected chi connectivity index (χ1v) is 8.01. The number of rotatable bonds is 7. The van der Waals surface area contributed by atoms with Crippen LogP contribution in [0.1, 0.15) is 33.7 Å². The molecule has 0 spiro atoms. The van der Waals surface area contributed by atoms with E-state index in [2.05, 4.69) is 0 Å². The Morgan fingerprint density at radius 1 is 1.12 bits per heavy atom. The molecule has 0 saturated carbocycles. The van der Waals surface area contributed by atoms with E-state index in [1.54, 1.807) is 24.3 Å². The van der Waals surface area contributed by atoms with Crippen molar-refractivity contribution < 1.29 is 18.7 Å². The maximum Gasteiger partial charge on any atom is 0.289 e. The number of nitrogens with two attached hydrogens (primary N) is 1. The maximum atomic E-state index is 12.8. The third-order valence-electron chi connectivity index (χ3n) is 3.84. The van der Waals surface area contributed by atoms with Gasteiger partial charge >= 0.3 is 0 Å². The number of hydrogen-bond donors (Lipinski definition) is 2. The first kappa shape index (κ1) is 19.8. The predicted octanol–water partition coefficient (Wildman–Crippen LogP) is 3.13. The summed E-state index contributed by atoms with van der Waals surface area (Å²) in [6.07, 6.45) is 0.564. The third-order valence-corrected chi connectivity index (χ3v) is 3.84. The molecule has 3 aromatic rings. The Hall–Kier alpha value is -2.54. The predicted molar refractivity (Wildman–Crippen MR) is 98.7 cm³/mol. The molecule has 0 aliphatic rings. The van der Waals surface area contributed by atoms with Gasteiger partial charge in [-0.15, -0.1) is 12.4 Å². The van der Waals surface area contributed by atoms with Crippen LogP contribution in [0.5, 0.6) is 0 Å². The van der Waals surface area contributed by atoms with Crippen LogP contribution in [0.25, 0.3) is 0 Å². The molecule has 2 heterocycles. The Bertz CT molecular complexity index is 802. The molecule has 1 atom stereocenters. The topological polar surface area (TPSA) is 92.8 Å². The lowest BCUT2D eigenvalue weighted by Gasteiger charge is -2.24. The highest BCUT2D eigenvalue weighted by atomic mass is 35.5. The zero-order valence-corrected chi connectivity index (χ0v) is 14.9. The minimum Gasteiger partial charge on any atom is -0.467 e. The molecule has 1 aromatic carbocycles. The van der Waals surface area contributed by atoms with E-state index < -0.39 is 6.10 Å². The van der Waals surface area contributed by atoms with Crippen molar-refractivity contribution in [2.24, 2.45) is 5.73 Å². The number of furan rings is 2. The van der Waals surface area contributed by atoms with E-state index in [1.807, 2.05) is 30.3 Å². The van der Waals surface area contributed by atoms with Gasteiger partial charge in [0, 0.05) is 6.54 Å². The van der Waals surface area contributed by atoms with Crippen molar-refractivity contribution in [3.8, 4) is 0 Å². The molecule has 138 valence electrons. The second-order valence-corrected chi connectivity index (χ2v) is 5.67. The summed E-state index contributed by atoms with van der Waals surface area (Å²) in [6, 6.07) is 16.2. The molecule has 26 heavy (non-hydrogen) atoms. The van der Waals surface area contributed by atoms with E-state index in [0.29, 0.717) is 18.1 Å². The van der Waals surface area contributed by atoms with E-state index >= 15 is 0 Å². The van der Waals surface area contributed by atoms with Crippen molar-refractivity contribution >= 4 is 18.3 Å². The number of aliphatic hydroxyl groups excluding tert-OH is 1. The Kier molecular flexibility index (Phi) is 7.03. The molecular weight excluding hydrogens is 356 g/mol. The Labute approximate surface area is 157 Å². The first-order valence-electron chi connectivity index (χ1n) is 8.01. The van der Waals surface area contributed by atoms with Crippen LogP contribution in [0.4, 0.5) is 0 Å². The highest BCUT2D eigenvalue weighted by Gasteiger charge is 2.24. The normalized spacial score (nSPS) is 11.6. The van der Waals surface area contributed by atoms with Gasteiger partial charge in [-0.25, -0.2) is 0 Å². The molecule has 6 nitrogen and oxygen atoms in total. The molecule has 3 rings (SSSR count). The molecule has 1 amide bonds. The Morgan fingerprint density at radius 3 is 2.50 bits per heavy atom. The van der Waals surface area contributed by atoms with Gasteiger partial charge in [0.15, 0.2) is 5.76 Å². The average Bonchev–Trinajstić information content (AvgIpc) is 3.33. The van der Waals surface area contributed by atoms with Crippen LogP contribution in [0.15, 0.2) is 69.7 Å². The SMILES string of the molecule is Cl.NCc1ccc(C(=O)N(Cc2ccccc2)CC(O)c2ccco2)o1. The molecule has 0 fully saturated rings. The molecule has 1 unspecified atom stereocenters. The van der Waals surface area contributed by atoms with E-state index in [1.165, 1.54) is 11.2 Å². The average molecular weight is 377 g/mol. The van der Waals surface area contributed by atoms with Gasteiger partial charge in [-0.3, -0.25) is 4.79 Å². The number of nitrogens with zero attached hydrogens (tertiary/aromatic N) is 1. The van der Waals surface area contributed by atoms with Crippen molar-refractivity contribution in [3.63, 3.8) is 0 Å². The molecule has 3 N–H and O–H groups in total. The molecule has 0 saturated heterocycles. The number of aliphatic hydroxyl groups is 1. The molecule has 7 heteroatoms. The summed E-state index contributed by atoms with van der Waals surface area (Å²) in [5.41, 5.74) is 6.49. The van der Waals surface area contributed by atoms with Crippen molar-refractivity contribution in [2.45, 2.75) is 19.2 Å². The molecule has 0 bridgehead atoms. The smallest absolute Gasteiger partial charge is 0.289 e. The lowest BCUT2D eigenvalue weighted by Crippen LogP contribution is -2.34. The summed E-state index contributed by atoms with van der Waals surface area (Å²) in [5.74, 6) is 0.833. The number of benzene rings is 1. The van der Waals surface area contributed by atoms with Crippen LogP contribution in [0, 0.1) is 0 Å². The van der Waals surface area contributed by atoms with E-state index in [4.69, 9.17) is 14.6 Å². The number of hydrogen-bond acceptors (Lipinski definition) is 5. The van der Waals surface area contributed by atoms with Gasteiger partial charge in [-0.2, -0.15) is 0 Å². The fourth-order valence-electron chi connectivity index (χ4n) is 2.56. The second-order valence-electron chi connectivity index (χ2n) is 5.67. The number of amides is 1. The summed E-state index contributed by atoms with van der Waals surface area (Å²) in [5, 5.41) is 10.4. The summed E-state index contributed by atoms with van der Waals surface area (Å²) in [6.45, 7) is 0.650. The van der Waals surface area contributed by atoms with Gasteiger partial charge in [0.05, 0.1) is 19.4 Å². The van der Waals surface area contributed by atoms with Crippen molar-refractivity contribution in [1.29, 1.82) is 0 Å². The Morgan fingerprint density at radius 2 is 1.88 bits per heavy atom. The van der Waals surface area contributed by atoms with E-state index in [-0.39, 0.29) is 37.2 Å². The van der Waals surface area contributed by atoms with Crippen LogP contribution in [0.3, 0.4) is 0 Å². The van der Waals surface area contributed by atoms with E-state index in [9.17, 15) is 9.90 Å². The highest BCUT2D eigenvalue weighted by Crippen LogP contribution is 2.19. The fraction of sp³-hybridized carbons (Fsp3) is 0.211. The minimum absolute atomic E-state index is 0. The van der Waals surface area contributed by atoms with Crippen LogP contribution >= 0.6 is 12.4 Å². The summed E-state index contributed by atoms with van der Waals surface area (Å²) >= 11 is 0. The van der Waals surface area contributed by atoms with Gasteiger partial charge in [0.25, 0.3) is 5.91 Å². The quantitative estimate of drug-likeness (QED) is 0.660. The number of halogens is 1. The molecule has 0 radical (unpaired) electrons. The molecular formula is C19H21ClN2O4. The standard InChI is InChI=1S/C19H20N2O4.ClH/c20-11-15-8-9-18(25-15)19(23)21(12-14-5-2-1-3-6-14)13-16(22)17-7-4-10-24-17;/h1-10,16,22H,11-13,20H2;1H. The van der Waals surface area contributed by atoms with Crippen LogP contribution in [-0.4, -0.2) is 22.5 Å². The Balaban J connectivity index is 0.00000243. The maximum absolute atomic E-state index is 12.8. The van der Waals surface area contributed by atoms with Gasteiger partial charge in [-0.05, 0) is 29.8 Å². The van der Waals surface area contributed by atoms with Crippen LogP contribution < -0.4 is 5.73 Å². The molecule has 0 aliphatic heterocycles. The van der Waals surface area contributed by atoms with Crippen molar-refractivity contribution in [1.82, 2.24) is 4.90 Å². The highest BCUT2D eigenvalue weighted by molar-refractivity contribution is 5.91. The number of carbonyl (C=O) groups excluding carboxylic acids is 1. The van der Waals surface area contributed by atoms with Gasteiger partial charge in [0.1, 0.15) is 17.6 Å². The van der Waals surface area contributed by atoms with Crippen molar-refractivity contribution in [2.75, 3.05) is 6.54 Å². The summed E-state index contributed by atoms with van der Waals surface area (Å²) < 4.78 is 10.7. The number of carbonyl (C=O) groups is 1. The fourth-order valence-corrected chi connectivity index (χ4v) is 2.56. The monoisotopic (exact) mass is 376 g/mol. The third kappa shape index (κ3) is 4.76. The van der Waals surface area contributed by atoms with Gasteiger partial charge < -0.3 is 24.6 Å². The zero-order chi connectivity index (χ0) is 17.6. The van der Waals surface area contributed by atoms with E-state index in [0.717, 1.165) is 5.56 Å². The van der Waals surface area contributed by atoms with Gasteiger partial charge in [-0.1, -0.05) is 30.3 Å². The zero-order valence-electron chi connectivity index (χ0n) is 14.1. The van der Waals surface area contributed by atoms with Crippen LogP contribution in [0.2, 0.25) is 0 Å². The van der Waals surface area contributed by atoms with Crippen molar-refractivity contribution in [3.05, 3.63) is 83.7 Å². The minimum atomic E-state index is -0.924. The second kappa shape index (κ2) is 9.24. The first-order chi connectivity index (χ1) is 12.2. The van der Waals surface area contributed by atoms with Gasteiger partial charge in [0.2, 0.25) is 0 Å². The molecule has 0 aliphatic carbocycles. The van der Waals surface area contributed by atoms with Crippen LogP contribution in [-0.2, 0) is 13.1 Å². The largest absolute Gasteiger partial charge is 0.467 e.